The van der Waals surface area contributed by atoms with Gasteiger partial charge in [-0.1, -0.05) is 23.7 Å². The standard InChI is InChI=1S/C15H21ClN2O2/c1-11-9-13(3-4-14(11)16)10-17-5-7-18(8-6-17)15(20)12(2)19/h3-4,9,12,19H,5-8,10H2,1-2H3. The maximum atomic E-state index is 11.7. The van der Waals surface area contributed by atoms with Gasteiger partial charge in [-0.15, -0.1) is 0 Å². The van der Waals surface area contributed by atoms with Crippen LogP contribution in [0.25, 0.3) is 0 Å². The number of piperazine rings is 1. The zero-order valence-electron chi connectivity index (χ0n) is 12.0. The molecule has 1 aliphatic rings. The first-order valence-electron chi connectivity index (χ1n) is 6.91. The van der Waals surface area contributed by atoms with Crippen LogP contribution in [0.5, 0.6) is 0 Å². The van der Waals surface area contributed by atoms with Gasteiger partial charge in [-0.2, -0.15) is 0 Å². The van der Waals surface area contributed by atoms with Crippen LogP contribution in [-0.4, -0.2) is 53.1 Å². The van der Waals surface area contributed by atoms with Crippen molar-refractivity contribution in [1.82, 2.24) is 9.80 Å². The van der Waals surface area contributed by atoms with Gasteiger partial charge in [0.15, 0.2) is 0 Å². The molecule has 0 saturated carbocycles. The molecule has 0 bridgehead atoms. The summed E-state index contributed by atoms with van der Waals surface area (Å²) in [4.78, 5) is 15.7. The third-order valence-corrected chi connectivity index (χ3v) is 4.09. The number of aryl methyl sites for hydroxylation is 1. The van der Waals surface area contributed by atoms with Crippen molar-refractivity contribution in [1.29, 1.82) is 0 Å². The Kier molecular flexibility index (Phi) is 5.02. The van der Waals surface area contributed by atoms with Crippen LogP contribution in [0.3, 0.4) is 0 Å². The van der Waals surface area contributed by atoms with Crippen molar-refractivity contribution >= 4 is 17.5 Å². The van der Waals surface area contributed by atoms with E-state index in [2.05, 4.69) is 11.0 Å². The Bertz CT molecular complexity index is 483. The van der Waals surface area contributed by atoms with Gasteiger partial charge in [-0.05, 0) is 31.0 Å². The van der Waals surface area contributed by atoms with E-state index in [9.17, 15) is 9.90 Å². The second-order valence-electron chi connectivity index (χ2n) is 5.36. The van der Waals surface area contributed by atoms with Crippen molar-refractivity contribution in [3.8, 4) is 0 Å². The molecule has 2 rings (SSSR count). The minimum absolute atomic E-state index is 0.174. The first kappa shape index (κ1) is 15.3. The fraction of sp³-hybridized carbons (Fsp3) is 0.533. The number of benzene rings is 1. The van der Waals surface area contributed by atoms with Crippen LogP contribution in [0, 0.1) is 6.92 Å². The number of nitrogens with zero attached hydrogens (tertiary/aromatic N) is 2. The molecule has 1 saturated heterocycles. The molecule has 1 aromatic carbocycles. The Morgan fingerprint density at radius 3 is 2.55 bits per heavy atom. The molecule has 1 atom stereocenters. The zero-order valence-corrected chi connectivity index (χ0v) is 12.7. The lowest BCUT2D eigenvalue weighted by Gasteiger charge is -2.35. The highest BCUT2D eigenvalue weighted by molar-refractivity contribution is 6.31. The number of aliphatic hydroxyl groups is 1. The molecule has 0 aromatic heterocycles. The van der Waals surface area contributed by atoms with Crippen molar-refractivity contribution < 1.29 is 9.90 Å². The second-order valence-corrected chi connectivity index (χ2v) is 5.77. The predicted octanol–water partition coefficient (Wildman–Crippen LogP) is 1.67. The molecule has 1 aromatic rings. The topological polar surface area (TPSA) is 43.8 Å². The molecular formula is C15H21ClN2O2. The third-order valence-electron chi connectivity index (χ3n) is 3.67. The Morgan fingerprint density at radius 2 is 2.00 bits per heavy atom. The molecule has 1 unspecified atom stereocenters. The summed E-state index contributed by atoms with van der Waals surface area (Å²) in [7, 11) is 0. The van der Waals surface area contributed by atoms with Crippen LogP contribution in [0.2, 0.25) is 5.02 Å². The number of aliphatic hydroxyl groups excluding tert-OH is 1. The largest absolute Gasteiger partial charge is 0.384 e. The number of hydrogen-bond donors (Lipinski definition) is 1. The molecule has 0 aliphatic carbocycles. The van der Waals surface area contributed by atoms with E-state index >= 15 is 0 Å². The molecule has 0 radical (unpaired) electrons. The number of hydrogen-bond acceptors (Lipinski definition) is 3. The lowest BCUT2D eigenvalue weighted by Crippen LogP contribution is -2.50. The Hall–Kier alpha value is -1.10. The summed E-state index contributed by atoms with van der Waals surface area (Å²) in [6.45, 7) is 7.41. The van der Waals surface area contributed by atoms with Crippen LogP contribution in [0.15, 0.2) is 18.2 Å². The highest BCUT2D eigenvalue weighted by Crippen LogP contribution is 2.18. The van der Waals surface area contributed by atoms with Gasteiger partial charge in [0.05, 0.1) is 0 Å². The second kappa shape index (κ2) is 6.57. The third kappa shape index (κ3) is 3.72. The normalized spacial score (nSPS) is 18.1. The number of carbonyl (C=O) groups excluding carboxylic acids is 1. The Labute approximate surface area is 124 Å². The monoisotopic (exact) mass is 296 g/mol. The van der Waals surface area contributed by atoms with Gasteiger partial charge in [0.2, 0.25) is 0 Å². The molecule has 4 nitrogen and oxygen atoms in total. The van der Waals surface area contributed by atoms with E-state index in [0.717, 1.165) is 30.2 Å². The summed E-state index contributed by atoms with van der Waals surface area (Å²) in [6.07, 6.45) is -0.902. The van der Waals surface area contributed by atoms with E-state index < -0.39 is 6.10 Å². The van der Waals surface area contributed by atoms with E-state index in [1.807, 2.05) is 19.1 Å². The SMILES string of the molecule is Cc1cc(CN2CCN(C(=O)C(C)O)CC2)ccc1Cl. The maximum Gasteiger partial charge on any atom is 0.251 e. The minimum Gasteiger partial charge on any atom is -0.384 e. The molecule has 1 heterocycles. The highest BCUT2D eigenvalue weighted by atomic mass is 35.5. The molecule has 1 aliphatic heterocycles. The van der Waals surface area contributed by atoms with Crippen LogP contribution >= 0.6 is 11.6 Å². The van der Waals surface area contributed by atoms with Gasteiger partial charge in [-0.3, -0.25) is 9.69 Å². The zero-order chi connectivity index (χ0) is 14.7. The summed E-state index contributed by atoms with van der Waals surface area (Å²) < 4.78 is 0. The van der Waals surface area contributed by atoms with Crippen LogP contribution in [-0.2, 0) is 11.3 Å². The van der Waals surface area contributed by atoms with Crippen molar-refractivity contribution in [3.05, 3.63) is 34.3 Å². The van der Waals surface area contributed by atoms with Crippen molar-refractivity contribution in [3.63, 3.8) is 0 Å². The van der Waals surface area contributed by atoms with Gasteiger partial charge in [0.25, 0.3) is 5.91 Å². The number of halogens is 1. The van der Waals surface area contributed by atoms with Crippen LogP contribution < -0.4 is 0 Å². The van der Waals surface area contributed by atoms with Crippen molar-refractivity contribution in [2.75, 3.05) is 26.2 Å². The first-order valence-corrected chi connectivity index (χ1v) is 7.29. The number of rotatable bonds is 3. The average molecular weight is 297 g/mol. The minimum atomic E-state index is -0.902. The quantitative estimate of drug-likeness (QED) is 0.923. The molecule has 0 spiro atoms. The molecule has 20 heavy (non-hydrogen) atoms. The number of carbonyl (C=O) groups is 1. The fourth-order valence-corrected chi connectivity index (χ4v) is 2.57. The summed E-state index contributed by atoms with van der Waals surface area (Å²) in [5.74, 6) is -0.174. The lowest BCUT2D eigenvalue weighted by molar-refractivity contribution is -0.141. The summed E-state index contributed by atoms with van der Waals surface area (Å²) in [5, 5.41) is 10.1. The van der Waals surface area contributed by atoms with Gasteiger partial charge in [-0.25, -0.2) is 0 Å². The molecule has 1 N–H and O–H groups in total. The maximum absolute atomic E-state index is 11.7. The van der Waals surface area contributed by atoms with Crippen LogP contribution in [0.1, 0.15) is 18.1 Å². The van der Waals surface area contributed by atoms with E-state index in [-0.39, 0.29) is 5.91 Å². The Balaban J connectivity index is 1.88. The summed E-state index contributed by atoms with van der Waals surface area (Å²) in [6, 6.07) is 6.08. The van der Waals surface area contributed by atoms with Gasteiger partial charge in [0.1, 0.15) is 6.10 Å². The predicted molar refractivity (Wildman–Crippen MR) is 79.7 cm³/mol. The van der Waals surface area contributed by atoms with Gasteiger partial charge < -0.3 is 10.0 Å². The van der Waals surface area contributed by atoms with E-state index in [4.69, 9.17) is 11.6 Å². The Morgan fingerprint density at radius 1 is 1.35 bits per heavy atom. The fourth-order valence-electron chi connectivity index (χ4n) is 2.45. The van der Waals surface area contributed by atoms with Gasteiger partial charge in [0, 0.05) is 37.7 Å². The molecule has 1 fully saturated rings. The molecular weight excluding hydrogens is 276 g/mol. The summed E-state index contributed by atoms with van der Waals surface area (Å²) in [5.41, 5.74) is 2.33. The molecule has 1 amide bonds. The smallest absolute Gasteiger partial charge is 0.251 e. The van der Waals surface area contributed by atoms with Crippen molar-refractivity contribution in [2.24, 2.45) is 0 Å². The summed E-state index contributed by atoms with van der Waals surface area (Å²) >= 11 is 6.03. The van der Waals surface area contributed by atoms with E-state index in [1.54, 1.807) is 4.90 Å². The average Bonchev–Trinajstić information content (AvgIpc) is 2.43. The van der Waals surface area contributed by atoms with Crippen LogP contribution in [0.4, 0.5) is 0 Å². The van der Waals surface area contributed by atoms with E-state index in [1.165, 1.54) is 12.5 Å². The molecule has 5 heteroatoms. The first-order chi connectivity index (χ1) is 9.47. The number of amides is 1. The molecule has 110 valence electrons. The van der Waals surface area contributed by atoms with Crippen molar-refractivity contribution in [2.45, 2.75) is 26.5 Å². The highest BCUT2D eigenvalue weighted by Gasteiger charge is 2.23. The van der Waals surface area contributed by atoms with Gasteiger partial charge >= 0.3 is 0 Å². The lowest BCUT2D eigenvalue weighted by atomic mass is 10.1. The van der Waals surface area contributed by atoms with E-state index in [0.29, 0.717) is 13.1 Å².